The number of aryl methyl sites for hydroxylation is 1. The first-order valence-electron chi connectivity index (χ1n) is 11.0. The van der Waals surface area contributed by atoms with Gasteiger partial charge in [0.05, 0.1) is 10.4 Å². The minimum Gasteiger partial charge on any atom is -0.478 e. The number of rotatable bonds is 9. The van der Waals surface area contributed by atoms with Crippen molar-refractivity contribution < 1.29 is 9.90 Å². The van der Waals surface area contributed by atoms with Crippen molar-refractivity contribution >= 4 is 41.0 Å². The third-order valence-corrected chi connectivity index (χ3v) is 6.22. The van der Waals surface area contributed by atoms with Gasteiger partial charge in [0, 0.05) is 16.9 Å². The SMILES string of the molecule is C=CCc1c(CC)nc(-c2cc(C=Cc3ccccc3)cs2)nc1Nc1ccc(C(=O)O)cc1. The van der Waals surface area contributed by atoms with Crippen molar-refractivity contribution in [2.75, 3.05) is 5.32 Å². The van der Waals surface area contributed by atoms with Crippen LogP contribution in [0.4, 0.5) is 11.5 Å². The molecule has 0 aliphatic heterocycles. The highest BCUT2D eigenvalue weighted by Gasteiger charge is 2.15. The number of anilines is 2. The van der Waals surface area contributed by atoms with E-state index in [-0.39, 0.29) is 5.56 Å². The van der Waals surface area contributed by atoms with Crippen LogP contribution in [0.2, 0.25) is 0 Å². The quantitative estimate of drug-likeness (QED) is 0.257. The van der Waals surface area contributed by atoms with Crippen LogP contribution in [0.25, 0.3) is 22.9 Å². The molecule has 0 spiro atoms. The number of aromatic nitrogens is 2. The first kappa shape index (κ1) is 23.1. The van der Waals surface area contributed by atoms with Crippen molar-refractivity contribution in [3.63, 3.8) is 0 Å². The van der Waals surface area contributed by atoms with Crippen molar-refractivity contribution in [3.05, 3.63) is 107 Å². The second kappa shape index (κ2) is 10.7. The van der Waals surface area contributed by atoms with Crippen molar-refractivity contribution in [1.29, 1.82) is 0 Å². The highest BCUT2D eigenvalue weighted by atomic mass is 32.1. The number of nitrogens with zero attached hydrogens (tertiary/aromatic N) is 2. The Bertz CT molecular complexity index is 1330. The molecular formula is C28H25N3O2S. The minimum absolute atomic E-state index is 0.240. The molecule has 0 fully saturated rings. The smallest absolute Gasteiger partial charge is 0.335 e. The molecule has 34 heavy (non-hydrogen) atoms. The van der Waals surface area contributed by atoms with E-state index in [0.717, 1.165) is 39.4 Å². The topological polar surface area (TPSA) is 75.1 Å². The van der Waals surface area contributed by atoms with Crippen LogP contribution in [-0.2, 0) is 12.8 Å². The molecule has 0 saturated carbocycles. The van der Waals surface area contributed by atoms with E-state index in [4.69, 9.17) is 15.1 Å². The number of carboxylic acids is 1. The van der Waals surface area contributed by atoms with Gasteiger partial charge in [-0.15, -0.1) is 17.9 Å². The Hall–Kier alpha value is -4.03. The second-order valence-corrected chi connectivity index (χ2v) is 8.57. The lowest BCUT2D eigenvalue weighted by Gasteiger charge is -2.15. The van der Waals surface area contributed by atoms with Crippen molar-refractivity contribution in [2.24, 2.45) is 0 Å². The predicted molar refractivity (Wildman–Crippen MR) is 141 cm³/mol. The molecule has 2 aromatic heterocycles. The van der Waals surface area contributed by atoms with Gasteiger partial charge in [-0.25, -0.2) is 14.8 Å². The molecule has 2 aromatic carbocycles. The zero-order valence-electron chi connectivity index (χ0n) is 18.9. The normalized spacial score (nSPS) is 11.0. The summed E-state index contributed by atoms with van der Waals surface area (Å²) in [5.74, 6) is 0.421. The Kier molecular flexibility index (Phi) is 7.30. The van der Waals surface area contributed by atoms with E-state index in [0.29, 0.717) is 18.1 Å². The van der Waals surface area contributed by atoms with Gasteiger partial charge in [0.2, 0.25) is 0 Å². The lowest BCUT2D eigenvalue weighted by Crippen LogP contribution is -2.07. The standard InChI is InChI=1S/C28H25N3O2S/c1-3-8-23-24(4-2)30-27(31-26(23)29-22-15-13-21(14-16-22)28(32)33)25-17-20(18-34-25)12-11-19-9-6-5-7-10-19/h3,5-7,9-18H,1,4,8H2,2H3,(H,32,33)(H,29,30,31). The fraction of sp³-hybridized carbons (Fsp3) is 0.107. The Labute approximate surface area is 203 Å². The number of allylic oxidation sites excluding steroid dienone is 1. The lowest BCUT2D eigenvalue weighted by atomic mass is 10.1. The number of aromatic carboxylic acids is 1. The summed E-state index contributed by atoms with van der Waals surface area (Å²) in [6.07, 6.45) is 7.41. The number of hydrogen-bond donors (Lipinski definition) is 2. The van der Waals surface area contributed by atoms with E-state index < -0.39 is 5.97 Å². The van der Waals surface area contributed by atoms with Crippen LogP contribution in [0.1, 0.15) is 39.7 Å². The molecule has 0 unspecified atom stereocenters. The van der Waals surface area contributed by atoms with E-state index in [1.807, 2.05) is 24.3 Å². The van der Waals surface area contributed by atoms with Gasteiger partial charge >= 0.3 is 5.97 Å². The van der Waals surface area contributed by atoms with Gasteiger partial charge in [-0.2, -0.15) is 0 Å². The van der Waals surface area contributed by atoms with Crippen LogP contribution in [0.15, 0.2) is 78.7 Å². The fourth-order valence-electron chi connectivity index (χ4n) is 3.54. The van der Waals surface area contributed by atoms with Crippen LogP contribution in [-0.4, -0.2) is 21.0 Å². The molecule has 4 rings (SSSR count). The number of hydrogen-bond acceptors (Lipinski definition) is 5. The summed E-state index contributed by atoms with van der Waals surface area (Å²) in [6.45, 7) is 5.96. The molecule has 0 saturated heterocycles. The molecule has 0 bridgehead atoms. The molecule has 170 valence electrons. The van der Waals surface area contributed by atoms with Gasteiger partial charge < -0.3 is 10.4 Å². The predicted octanol–water partition coefficient (Wildman–Crippen LogP) is 7.11. The van der Waals surface area contributed by atoms with E-state index in [2.05, 4.69) is 54.6 Å². The Morgan fingerprint density at radius 2 is 1.79 bits per heavy atom. The zero-order chi connectivity index (χ0) is 23.9. The largest absolute Gasteiger partial charge is 0.478 e. The van der Waals surface area contributed by atoms with Gasteiger partial charge in [0.1, 0.15) is 5.82 Å². The zero-order valence-corrected chi connectivity index (χ0v) is 19.7. The third-order valence-electron chi connectivity index (χ3n) is 5.28. The number of carbonyl (C=O) groups is 1. The third kappa shape index (κ3) is 5.47. The summed E-state index contributed by atoms with van der Waals surface area (Å²) in [5, 5.41) is 14.6. The molecule has 0 radical (unpaired) electrons. The molecule has 4 aromatic rings. The summed E-state index contributed by atoms with van der Waals surface area (Å²) >= 11 is 1.61. The molecule has 2 heterocycles. The Balaban J connectivity index is 1.67. The summed E-state index contributed by atoms with van der Waals surface area (Å²) in [5.41, 5.74) is 5.20. The molecule has 0 aliphatic carbocycles. The molecular weight excluding hydrogens is 442 g/mol. The minimum atomic E-state index is -0.952. The fourth-order valence-corrected chi connectivity index (χ4v) is 4.35. The van der Waals surface area contributed by atoms with Gasteiger partial charge in [-0.1, -0.05) is 55.5 Å². The molecule has 0 atom stereocenters. The monoisotopic (exact) mass is 467 g/mol. The maximum absolute atomic E-state index is 11.2. The summed E-state index contributed by atoms with van der Waals surface area (Å²) in [4.78, 5) is 21.9. The average Bonchev–Trinajstić information content (AvgIpc) is 3.34. The molecule has 5 nitrogen and oxygen atoms in total. The summed E-state index contributed by atoms with van der Waals surface area (Å²) in [6, 6.07) is 18.9. The Morgan fingerprint density at radius 1 is 1.06 bits per heavy atom. The first-order chi connectivity index (χ1) is 16.6. The average molecular weight is 468 g/mol. The van der Waals surface area contributed by atoms with E-state index in [9.17, 15) is 4.79 Å². The van der Waals surface area contributed by atoms with E-state index in [1.54, 1.807) is 35.6 Å². The summed E-state index contributed by atoms with van der Waals surface area (Å²) in [7, 11) is 0. The van der Waals surface area contributed by atoms with E-state index >= 15 is 0 Å². The van der Waals surface area contributed by atoms with Crippen LogP contribution in [0, 0.1) is 0 Å². The lowest BCUT2D eigenvalue weighted by molar-refractivity contribution is 0.0697. The van der Waals surface area contributed by atoms with Crippen LogP contribution < -0.4 is 5.32 Å². The van der Waals surface area contributed by atoms with Crippen LogP contribution in [0.3, 0.4) is 0 Å². The van der Waals surface area contributed by atoms with Gasteiger partial charge in [0.25, 0.3) is 0 Å². The molecule has 0 aliphatic rings. The second-order valence-electron chi connectivity index (χ2n) is 7.66. The van der Waals surface area contributed by atoms with Gasteiger partial charge in [-0.05, 0) is 59.7 Å². The summed E-state index contributed by atoms with van der Waals surface area (Å²) < 4.78 is 0. The van der Waals surface area contributed by atoms with Crippen molar-refractivity contribution in [3.8, 4) is 10.7 Å². The number of benzene rings is 2. The van der Waals surface area contributed by atoms with Crippen molar-refractivity contribution in [2.45, 2.75) is 19.8 Å². The first-order valence-corrected chi connectivity index (χ1v) is 11.9. The molecule has 2 N–H and O–H groups in total. The van der Waals surface area contributed by atoms with Crippen LogP contribution in [0.5, 0.6) is 0 Å². The van der Waals surface area contributed by atoms with Crippen molar-refractivity contribution in [1.82, 2.24) is 9.97 Å². The number of nitrogens with one attached hydrogen (secondary N) is 1. The highest BCUT2D eigenvalue weighted by molar-refractivity contribution is 7.13. The molecule has 0 amide bonds. The van der Waals surface area contributed by atoms with Gasteiger partial charge in [-0.3, -0.25) is 0 Å². The maximum Gasteiger partial charge on any atom is 0.335 e. The van der Waals surface area contributed by atoms with Crippen LogP contribution >= 0.6 is 11.3 Å². The molecule has 6 heteroatoms. The highest BCUT2D eigenvalue weighted by Crippen LogP contribution is 2.30. The Morgan fingerprint density at radius 3 is 2.47 bits per heavy atom. The van der Waals surface area contributed by atoms with E-state index in [1.165, 1.54) is 0 Å². The number of carboxylic acid groups (broad SMARTS) is 1. The number of thiophene rings is 1. The maximum atomic E-state index is 11.2. The van der Waals surface area contributed by atoms with Gasteiger partial charge in [0.15, 0.2) is 5.82 Å².